The zero-order valence-electron chi connectivity index (χ0n) is 11.4. The number of esters is 1. The highest BCUT2D eigenvalue weighted by Crippen LogP contribution is 2.12. The maximum absolute atomic E-state index is 11.7. The van der Waals surface area contributed by atoms with Crippen LogP contribution in [0.25, 0.3) is 0 Å². The molecule has 7 nitrogen and oxygen atoms in total. The standard InChI is InChI=1S/C11H20N4O3/c1-7(2)9(10(16)18-5)14(3)6-8-12-11(17)15(4)13-8/h7,9H,6H2,1-5H3,(H,12,13,17). The van der Waals surface area contributed by atoms with Crippen LogP contribution in [0.4, 0.5) is 0 Å². The summed E-state index contributed by atoms with van der Waals surface area (Å²) in [5.74, 6) is 0.350. The van der Waals surface area contributed by atoms with Crippen molar-refractivity contribution in [2.75, 3.05) is 14.2 Å². The number of rotatable bonds is 5. The number of nitrogens with one attached hydrogen (secondary N) is 1. The molecular formula is C11H20N4O3. The van der Waals surface area contributed by atoms with Crippen molar-refractivity contribution < 1.29 is 9.53 Å². The number of aromatic amines is 1. The molecule has 0 bridgehead atoms. The van der Waals surface area contributed by atoms with Crippen LogP contribution in [-0.4, -0.2) is 45.8 Å². The number of ether oxygens (including phenoxy) is 1. The molecule has 1 atom stereocenters. The van der Waals surface area contributed by atoms with E-state index in [9.17, 15) is 9.59 Å². The van der Waals surface area contributed by atoms with E-state index in [0.29, 0.717) is 12.4 Å². The lowest BCUT2D eigenvalue weighted by atomic mass is 10.0. The number of H-pyrrole nitrogens is 1. The van der Waals surface area contributed by atoms with E-state index in [-0.39, 0.29) is 23.6 Å². The van der Waals surface area contributed by atoms with Crippen LogP contribution in [0.1, 0.15) is 19.7 Å². The minimum Gasteiger partial charge on any atom is -0.468 e. The first-order valence-electron chi connectivity index (χ1n) is 5.77. The Morgan fingerprint density at radius 1 is 1.56 bits per heavy atom. The summed E-state index contributed by atoms with van der Waals surface area (Å²) in [6.45, 7) is 4.27. The molecule has 1 aromatic rings. The van der Waals surface area contributed by atoms with Crippen LogP contribution in [0.3, 0.4) is 0 Å². The Hall–Kier alpha value is -1.63. The lowest BCUT2D eigenvalue weighted by molar-refractivity contribution is -0.148. The summed E-state index contributed by atoms with van der Waals surface area (Å²) in [6, 6.07) is -0.361. The molecule has 18 heavy (non-hydrogen) atoms. The van der Waals surface area contributed by atoms with E-state index in [4.69, 9.17) is 4.74 Å². The second-order valence-corrected chi connectivity index (χ2v) is 4.63. The van der Waals surface area contributed by atoms with E-state index in [2.05, 4.69) is 10.1 Å². The fourth-order valence-corrected chi connectivity index (χ4v) is 1.94. The smallest absolute Gasteiger partial charge is 0.343 e. The molecule has 1 N–H and O–H groups in total. The minimum atomic E-state index is -0.361. The van der Waals surface area contributed by atoms with Gasteiger partial charge < -0.3 is 4.74 Å². The van der Waals surface area contributed by atoms with Crippen LogP contribution in [0.15, 0.2) is 4.79 Å². The molecule has 0 aliphatic carbocycles. The molecule has 1 unspecified atom stereocenters. The summed E-state index contributed by atoms with van der Waals surface area (Å²) in [5.41, 5.74) is -0.266. The van der Waals surface area contributed by atoms with Gasteiger partial charge in [0.1, 0.15) is 11.9 Å². The summed E-state index contributed by atoms with van der Waals surface area (Å²) < 4.78 is 6.01. The van der Waals surface area contributed by atoms with Crippen molar-refractivity contribution in [1.29, 1.82) is 0 Å². The van der Waals surface area contributed by atoms with Gasteiger partial charge in [0.05, 0.1) is 13.7 Å². The van der Waals surface area contributed by atoms with Crippen LogP contribution in [0.5, 0.6) is 0 Å². The monoisotopic (exact) mass is 256 g/mol. The van der Waals surface area contributed by atoms with E-state index in [1.165, 1.54) is 11.8 Å². The van der Waals surface area contributed by atoms with Crippen molar-refractivity contribution in [2.24, 2.45) is 13.0 Å². The van der Waals surface area contributed by atoms with Gasteiger partial charge in [0, 0.05) is 7.05 Å². The third-order valence-electron chi connectivity index (χ3n) is 2.76. The van der Waals surface area contributed by atoms with Gasteiger partial charge >= 0.3 is 11.7 Å². The van der Waals surface area contributed by atoms with Crippen LogP contribution in [0, 0.1) is 5.92 Å². The van der Waals surface area contributed by atoms with Crippen LogP contribution in [0.2, 0.25) is 0 Å². The van der Waals surface area contributed by atoms with E-state index in [0.717, 1.165) is 0 Å². The fraction of sp³-hybridized carbons (Fsp3) is 0.727. The number of likely N-dealkylation sites (N-methyl/N-ethyl adjacent to an activating group) is 1. The van der Waals surface area contributed by atoms with Crippen molar-refractivity contribution in [3.05, 3.63) is 16.3 Å². The van der Waals surface area contributed by atoms with E-state index in [1.807, 2.05) is 18.7 Å². The number of hydrogen-bond donors (Lipinski definition) is 1. The van der Waals surface area contributed by atoms with Gasteiger partial charge in [0.15, 0.2) is 0 Å². The van der Waals surface area contributed by atoms with Crippen molar-refractivity contribution in [3.63, 3.8) is 0 Å². The zero-order valence-corrected chi connectivity index (χ0v) is 11.4. The molecule has 0 saturated heterocycles. The molecule has 0 radical (unpaired) electrons. The highest BCUT2D eigenvalue weighted by molar-refractivity contribution is 5.75. The third-order valence-corrected chi connectivity index (χ3v) is 2.76. The number of nitrogens with zero attached hydrogens (tertiary/aromatic N) is 3. The van der Waals surface area contributed by atoms with Crippen molar-refractivity contribution >= 4 is 5.97 Å². The number of methoxy groups -OCH3 is 1. The molecular weight excluding hydrogens is 236 g/mol. The third kappa shape index (κ3) is 3.19. The molecule has 102 valence electrons. The molecule has 7 heteroatoms. The Kier molecular flexibility index (Phi) is 4.66. The van der Waals surface area contributed by atoms with Crippen LogP contribution in [-0.2, 0) is 23.1 Å². The molecule has 1 heterocycles. The Balaban J connectivity index is 2.81. The predicted molar refractivity (Wildman–Crippen MR) is 65.9 cm³/mol. The van der Waals surface area contributed by atoms with E-state index < -0.39 is 0 Å². The molecule has 0 aliphatic heterocycles. The molecule has 0 saturated carbocycles. The van der Waals surface area contributed by atoms with Gasteiger partial charge in [-0.1, -0.05) is 13.8 Å². The zero-order chi connectivity index (χ0) is 13.9. The Labute approximate surface area is 106 Å². The fourth-order valence-electron chi connectivity index (χ4n) is 1.94. The molecule has 1 rings (SSSR count). The van der Waals surface area contributed by atoms with Gasteiger partial charge in [-0.2, -0.15) is 5.10 Å². The second kappa shape index (κ2) is 5.81. The molecule has 0 aliphatic rings. The van der Waals surface area contributed by atoms with Gasteiger partial charge in [0.2, 0.25) is 0 Å². The summed E-state index contributed by atoms with van der Waals surface area (Å²) in [7, 11) is 4.74. The normalized spacial score (nSPS) is 13.1. The second-order valence-electron chi connectivity index (χ2n) is 4.63. The van der Waals surface area contributed by atoms with E-state index in [1.54, 1.807) is 14.1 Å². The van der Waals surface area contributed by atoms with Crippen molar-refractivity contribution in [1.82, 2.24) is 19.7 Å². The SMILES string of the molecule is COC(=O)C(C(C)C)N(C)Cc1nn(C)c(=O)[nH]1. The van der Waals surface area contributed by atoms with Crippen molar-refractivity contribution in [3.8, 4) is 0 Å². The molecule has 1 aromatic heterocycles. The van der Waals surface area contributed by atoms with Gasteiger partial charge in [-0.15, -0.1) is 0 Å². The van der Waals surface area contributed by atoms with Crippen LogP contribution >= 0.6 is 0 Å². The van der Waals surface area contributed by atoms with Gasteiger partial charge in [-0.25, -0.2) is 9.48 Å². The molecule has 0 amide bonds. The lowest BCUT2D eigenvalue weighted by Crippen LogP contribution is -2.42. The number of carbonyl (C=O) groups is 1. The topological polar surface area (TPSA) is 80.2 Å². The summed E-state index contributed by atoms with van der Waals surface area (Å²) >= 11 is 0. The highest BCUT2D eigenvalue weighted by atomic mass is 16.5. The maximum Gasteiger partial charge on any atom is 0.343 e. The minimum absolute atomic E-state index is 0.109. The average molecular weight is 256 g/mol. The van der Waals surface area contributed by atoms with Gasteiger partial charge in [0.25, 0.3) is 0 Å². The summed E-state index contributed by atoms with van der Waals surface area (Å²) in [5, 5.41) is 4.03. The molecule has 0 fully saturated rings. The Morgan fingerprint density at radius 3 is 2.56 bits per heavy atom. The molecule has 0 spiro atoms. The first-order chi connectivity index (χ1) is 8.36. The number of aryl methyl sites for hydroxylation is 1. The van der Waals surface area contributed by atoms with Gasteiger partial charge in [-0.3, -0.25) is 14.7 Å². The highest BCUT2D eigenvalue weighted by Gasteiger charge is 2.28. The summed E-state index contributed by atoms with van der Waals surface area (Å²) in [4.78, 5) is 27.4. The van der Waals surface area contributed by atoms with Crippen molar-refractivity contribution in [2.45, 2.75) is 26.4 Å². The van der Waals surface area contributed by atoms with Crippen LogP contribution < -0.4 is 5.69 Å². The largest absolute Gasteiger partial charge is 0.468 e. The number of carbonyl (C=O) groups excluding carboxylic acids is 1. The maximum atomic E-state index is 11.7. The first kappa shape index (κ1) is 14.4. The Morgan fingerprint density at radius 2 is 2.17 bits per heavy atom. The number of aromatic nitrogens is 3. The first-order valence-corrected chi connectivity index (χ1v) is 5.77. The molecule has 0 aromatic carbocycles. The van der Waals surface area contributed by atoms with Gasteiger partial charge in [-0.05, 0) is 13.0 Å². The lowest BCUT2D eigenvalue weighted by Gasteiger charge is -2.27. The number of hydrogen-bond acceptors (Lipinski definition) is 5. The van der Waals surface area contributed by atoms with E-state index >= 15 is 0 Å². The summed E-state index contributed by atoms with van der Waals surface area (Å²) in [6.07, 6.45) is 0. The Bertz CT molecular complexity index is 463. The average Bonchev–Trinajstić information content (AvgIpc) is 2.57. The predicted octanol–water partition coefficient (Wildman–Crippen LogP) is -0.262. The quantitative estimate of drug-likeness (QED) is 0.734.